The van der Waals surface area contributed by atoms with Crippen LogP contribution in [0, 0.1) is 16.7 Å². The van der Waals surface area contributed by atoms with Gasteiger partial charge in [0.2, 0.25) is 5.88 Å². The molecule has 0 amide bonds. The van der Waals surface area contributed by atoms with Crippen molar-refractivity contribution in [1.29, 1.82) is 5.26 Å². The van der Waals surface area contributed by atoms with Gasteiger partial charge in [-0.1, -0.05) is 62.7 Å². The molecule has 0 aliphatic rings. The summed E-state index contributed by atoms with van der Waals surface area (Å²) in [6.45, 7) is 7.40. The van der Waals surface area contributed by atoms with Gasteiger partial charge in [0.05, 0.1) is 16.3 Å². The van der Waals surface area contributed by atoms with E-state index >= 15 is 0 Å². The molecule has 0 aliphatic carbocycles. The molecule has 0 bridgehead atoms. The Balaban J connectivity index is 1.99. The van der Waals surface area contributed by atoms with Crippen LogP contribution in [-0.4, -0.2) is 16.5 Å². The summed E-state index contributed by atoms with van der Waals surface area (Å²) >= 11 is 6.41. The largest absolute Gasteiger partial charge is 0.473 e. The van der Waals surface area contributed by atoms with Gasteiger partial charge < -0.3 is 10.1 Å². The molecule has 2 aromatic heterocycles. The summed E-state index contributed by atoms with van der Waals surface area (Å²) in [5, 5.41) is 13.2. The van der Waals surface area contributed by atoms with Crippen LogP contribution in [0.2, 0.25) is 5.02 Å². The fraction of sp³-hybridized carbons (Fsp3) is 0.286. The fourth-order valence-electron chi connectivity index (χ4n) is 2.53. The maximum Gasteiger partial charge on any atom is 0.215 e. The van der Waals surface area contributed by atoms with Gasteiger partial charge in [-0.15, -0.1) is 0 Å². The highest BCUT2D eigenvalue weighted by Gasteiger charge is 2.17. The number of halogens is 1. The number of anilines is 1. The molecule has 3 aromatic rings. The lowest BCUT2D eigenvalue weighted by Gasteiger charge is -2.21. The van der Waals surface area contributed by atoms with E-state index in [0.717, 1.165) is 5.56 Å². The third-order valence-corrected chi connectivity index (χ3v) is 4.19. The van der Waals surface area contributed by atoms with E-state index in [0.29, 0.717) is 46.3 Å². The second-order valence-electron chi connectivity index (χ2n) is 7.49. The van der Waals surface area contributed by atoms with Gasteiger partial charge in [-0.05, 0) is 11.0 Å². The number of nitrogens with zero attached hydrogens (tertiary/aromatic N) is 3. The number of nitriles is 1. The summed E-state index contributed by atoms with van der Waals surface area (Å²) in [6, 6.07) is 13.7. The quantitative estimate of drug-likeness (QED) is 0.659. The topological polar surface area (TPSA) is 70.8 Å². The van der Waals surface area contributed by atoms with Gasteiger partial charge in [0.15, 0.2) is 0 Å². The van der Waals surface area contributed by atoms with Crippen LogP contribution in [0.1, 0.15) is 31.9 Å². The Morgan fingerprint density at radius 1 is 1.19 bits per heavy atom. The van der Waals surface area contributed by atoms with E-state index in [9.17, 15) is 5.26 Å². The van der Waals surface area contributed by atoms with Gasteiger partial charge in [0.25, 0.3) is 0 Å². The molecule has 0 spiro atoms. The average Bonchev–Trinajstić information content (AvgIpc) is 2.64. The molecule has 0 atom stereocenters. The molecule has 0 fully saturated rings. The molecule has 0 radical (unpaired) electrons. The number of benzene rings is 1. The van der Waals surface area contributed by atoms with Crippen molar-refractivity contribution in [3.63, 3.8) is 0 Å². The van der Waals surface area contributed by atoms with Gasteiger partial charge in [0, 0.05) is 18.8 Å². The molecule has 138 valence electrons. The van der Waals surface area contributed by atoms with E-state index in [1.807, 2.05) is 30.3 Å². The normalized spacial score (nSPS) is 11.2. The Labute approximate surface area is 164 Å². The average molecular weight is 381 g/mol. The van der Waals surface area contributed by atoms with E-state index in [2.05, 4.69) is 42.1 Å². The molecule has 3 rings (SSSR count). The minimum Gasteiger partial charge on any atom is -0.473 e. The fourth-order valence-corrected chi connectivity index (χ4v) is 2.76. The lowest BCUT2D eigenvalue weighted by Crippen LogP contribution is -2.20. The van der Waals surface area contributed by atoms with Crippen molar-refractivity contribution < 1.29 is 4.74 Å². The number of pyridine rings is 2. The molecule has 0 aliphatic heterocycles. The van der Waals surface area contributed by atoms with Gasteiger partial charge >= 0.3 is 0 Å². The zero-order valence-corrected chi connectivity index (χ0v) is 16.3. The van der Waals surface area contributed by atoms with Gasteiger partial charge in [0.1, 0.15) is 23.7 Å². The number of hydrogen-bond acceptors (Lipinski definition) is 5. The predicted octanol–water partition coefficient (Wildman–Crippen LogP) is 5.19. The maximum atomic E-state index is 9.48. The third kappa shape index (κ3) is 4.66. The predicted molar refractivity (Wildman–Crippen MR) is 108 cm³/mol. The van der Waals surface area contributed by atoms with Crippen LogP contribution in [0.3, 0.4) is 0 Å². The first-order valence-corrected chi connectivity index (χ1v) is 9.05. The lowest BCUT2D eigenvalue weighted by atomic mass is 9.96. The van der Waals surface area contributed by atoms with Crippen LogP contribution in [0.25, 0.3) is 11.0 Å². The van der Waals surface area contributed by atoms with E-state index in [1.54, 1.807) is 6.07 Å². The summed E-state index contributed by atoms with van der Waals surface area (Å²) in [5.74, 6) is 0.395. The second kappa shape index (κ2) is 7.81. The zero-order chi connectivity index (χ0) is 19.4. The van der Waals surface area contributed by atoms with Crippen molar-refractivity contribution >= 4 is 28.3 Å². The summed E-state index contributed by atoms with van der Waals surface area (Å²) in [4.78, 5) is 8.88. The number of aromatic nitrogens is 2. The first-order chi connectivity index (χ1) is 12.9. The summed E-state index contributed by atoms with van der Waals surface area (Å²) in [5.41, 5.74) is 3.20. The molecule has 1 N–H and O–H groups in total. The molecular formula is C21H21ClN4O. The van der Waals surface area contributed by atoms with Crippen LogP contribution in [-0.2, 0) is 6.61 Å². The second-order valence-corrected chi connectivity index (χ2v) is 7.89. The summed E-state index contributed by atoms with van der Waals surface area (Å²) < 4.78 is 5.82. The molecule has 0 saturated carbocycles. The third-order valence-electron chi connectivity index (χ3n) is 3.90. The number of hydrogen-bond donors (Lipinski definition) is 1. The SMILES string of the molecule is CC(C)(C)CNc1c(C#N)cnc2c(Cl)cc(OCc3ccccc3)nc12. The smallest absolute Gasteiger partial charge is 0.215 e. The molecule has 27 heavy (non-hydrogen) atoms. The standard InChI is InChI=1S/C21H21ClN4O/c1-21(2,3)13-25-18-15(10-23)11-24-19-16(22)9-17(26-20(18)19)27-12-14-7-5-4-6-8-14/h4-9,11H,12-13H2,1-3H3,(H,24,25). The van der Waals surface area contributed by atoms with Crippen molar-refractivity contribution in [3.05, 3.63) is 58.7 Å². The Morgan fingerprint density at radius 3 is 2.59 bits per heavy atom. The summed E-state index contributed by atoms with van der Waals surface area (Å²) in [7, 11) is 0. The molecule has 2 heterocycles. The minimum atomic E-state index is 0.0353. The van der Waals surface area contributed by atoms with E-state index < -0.39 is 0 Å². The van der Waals surface area contributed by atoms with E-state index in [1.165, 1.54) is 6.20 Å². The molecule has 5 nitrogen and oxygen atoms in total. The van der Waals surface area contributed by atoms with Gasteiger partial charge in [-0.3, -0.25) is 4.98 Å². The monoisotopic (exact) mass is 380 g/mol. The molecule has 1 aromatic carbocycles. The highest BCUT2D eigenvalue weighted by atomic mass is 35.5. The Kier molecular flexibility index (Phi) is 5.48. The highest BCUT2D eigenvalue weighted by molar-refractivity contribution is 6.35. The number of ether oxygens (including phenoxy) is 1. The highest BCUT2D eigenvalue weighted by Crippen LogP contribution is 2.32. The number of fused-ring (bicyclic) bond motifs is 1. The van der Waals surface area contributed by atoms with E-state index in [4.69, 9.17) is 16.3 Å². The lowest BCUT2D eigenvalue weighted by molar-refractivity contribution is 0.295. The van der Waals surface area contributed by atoms with Crippen LogP contribution in [0.5, 0.6) is 5.88 Å². The Hall–Kier alpha value is -2.84. The van der Waals surface area contributed by atoms with E-state index in [-0.39, 0.29) is 5.41 Å². The van der Waals surface area contributed by atoms with Gasteiger partial charge in [-0.2, -0.15) is 5.26 Å². The first-order valence-electron chi connectivity index (χ1n) is 8.67. The van der Waals surface area contributed by atoms with Crippen molar-refractivity contribution in [1.82, 2.24) is 9.97 Å². The minimum absolute atomic E-state index is 0.0353. The molecule has 0 unspecified atom stereocenters. The Morgan fingerprint density at radius 2 is 1.93 bits per heavy atom. The number of nitrogens with one attached hydrogen (secondary N) is 1. The zero-order valence-electron chi connectivity index (χ0n) is 15.6. The summed E-state index contributed by atoms with van der Waals surface area (Å²) in [6.07, 6.45) is 1.52. The van der Waals surface area contributed by atoms with Crippen LogP contribution in [0.15, 0.2) is 42.6 Å². The first kappa shape index (κ1) is 18.9. The van der Waals surface area contributed by atoms with Crippen molar-refractivity contribution in [3.8, 4) is 11.9 Å². The number of rotatable bonds is 5. The van der Waals surface area contributed by atoms with Crippen molar-refractivity contribution in [2.75, 3.05) is 11.9 Å². The van der Waals surface area contributed by atoms with Crippen molar-refractivity contribution in [2.24, 2.45) is 5.41 Å². The van der Waals surface area contributed by atoms with Crippen molar-refractivity contribution in [2.45, 2.75) is 27.4 Å². The Bertz CT molecular complexity index is 991. The molecular weight excluding hydrogens is 360 g/mol. The van der Waals surface area contributed by atoms with Crippen LogP contribution in [0.4, 0.5) is 5.69 Å². The van der Waals surface area contributed by atoms with Crippen LogP contribution >= 0.6 is 11.6 Å². The van der Waals surface area contributed by atoms with Crippen LogP contribution < -0.4 is 10.1 Å². The molecule has 0 saturated heterocycles. The van der Waals surface area contributed by atoms with Gasteiger partial charge in [-0.25, -0.2) is 4.98 Å². The molecule has 6 heteroatoms. The maximum absolute atomic E-state index is 9.48.